The zero-order valence-corrected chi connectivity index (χ0v) is 21.3. The predicted octanol–water partition coefficient (Wildman–Crippen LogP) is 3.07. The summed E-state index contributed by atoms with van der Waals surface area (Å²) in [5.41, 5.74) is -0.196. The first-order chi connectivity index (χ1) is 17.9. The fourth-order valence-corrected chi connectivity index (χ4v) is 3.81. The Hall–Kier alpha value is -3.98. The molecule has 0 unspecified atom stereocenters. The maximum absolute atomic E-state index is 13.7. The minimum atomic E-state index is -4.77. The van der Waals surface area contributed by atoms with Crippen molar-refractivity contribution in [2.75, 3.05) is 41.3 Å². The summed E-state index contributed by atoms with van der Waals surface area (Å²) in [4.78, 5) is 25.5. The quantitative estimate of drug-likeness (QED) is 0.281. The van der Waals surface area contributed by atoms with Gasteiger partial charge in [0.15, 0.2) is 0 Å². The van der Waals surface area contributed by atoms with Crippen LogP contribution in [0.25, 0.3) is 0 Å². The number of carbonyl (C=O) groups excluding carboxylic acids is 1. The van der Waals surface area contributed by atoms with Crippen molar-refractivity contribution >= 4 is 39.2 Å². The number of hydrogen-bond donors (Lipinski definition) is 4. The summed E-state index contributed by atoms with van der Waals surface area (Å²) in [7, 11) is -2.14. The highest BCUT2D eigenvalue weighted by atomic mass is 32.2. The molecule has 0 saturated carbocycles. The highest BCUT2D eigenvalue weighted by molar-refractivity contribution is 7.92. The molecule has 0 bridgehead atoms. The lowest BCUT2D eigenvalue weighted by Crippen LogP contribution is -2.29. The van der Waals surface area contributed by atoms with Crippen LogP contribution in [0.3, 0.4) is 0 Å². The molecule has 4 N–H and O–H groups in total. The van der Waals surface area contributed by atoms with Crippen molar-refractivity contribution in [2.45, 2.75) is 19.6 Å². The Morgan fingerprint density at radius 2 is 1.89 bits per heavy atom. The van der Waals surface area contributed by atoms with Crippen LogP contribution in [0, 0.1) is 0 Å². The van der Waals surface area contributed by atoms with Crippen molar-refractivity contribution in [3.05, 3.63) is 65.5 Å². The van der Waals surface area contributed by atoms with Gasteiger partial charge in [0, 0.05) is 49.3 Å². The maximum atomic E-state index is 13.7. The van der Waals surface area contributed by atoms with Crippen molar-refractivity contribution in [2.24, 2.45) is 0 Å². The van der Waals surface area contributed by atoms with E-state index < -0.39 is 27.6 Å². The minimum Gasteiger partial charge on any atom is -0.395 e. The zero-order chi connectivity index (χ0) is 27.9. The number of anilines is 4. The first kappa shape index (κ1) is 28.6. The van der Waals surface area contributed by atoms with E-state index in [-0.39, 0.29) is 48.7 Å². The molecule has 38 heavy (non-hydrogen) atoms. The van der Waals surface area contributed by atoms with Crippen LogP contribution in [0.1, 0.15) is 28.4 Å². The second kappa shape index (κ2) is 12.0. The molecule has 0 fully saturated rings. The number of nitrogens with zero attached hydrogens (tertiary/aromatic N) is 4. The number of aromatic nitrogens is 3. The molecule has 0 aliphatic heterocycles. The van der Waals surface area contributed by atoms with Crippen LogP contribution in [-0.4, -0.2) is 65.2 Å². The van der Waals surface area contributed by atoms with Crippen LogP contribution in [0.4, 0.5) is 36.4 Å². The van der Waals surface area contributed by atoms with Gasteiger partial charge in [-0.05, 0) is 31.2 Å². The van der Waals surface area contributed by atoms with Crippen molar-refractivity contribution in [3.63, 3.8) is 0 Å². The van der Waals surface area contributed by atoms with Crippen LogP contribution in [-0.2, 0) is 22.7 Å². The van der Waals surface area contributed by atoms with E-state index in [1.807, 2.05) is 0 Å². The fourth-order valence-electron chi connectivity index (χ4n) is 3.19. The van der Waals surface area contributed by atoms with E-state index >= 15 is 0 Å². The summed E-state index contributed by atoms with van der Waals surface area (Å²) in [5.74, 6) is -1.30. The van der Waals surface area contributed by atoms with Gasteiger partial charge in [0.2, 0.25) is 16.0 Å². The number of nitrogens with one attached hydrogen (secondary N) is 3. The number of hydrogen-bond acceptors (Lipinski definition) is 9. The van der Waals surface area contributed by atoms with E-state index in [1.54, 1.807) is 18.2 Å². The van der Waals surface area contributed by atoms with Gasteiger partial charge in [0.25, 0.3) is 5.91 Å². The second-order valence-corrected chi connectivity index (χ2v) is 9.99. The van der Waals surface area contributed by atoms with Crippen LogP contribution < -0.4 is 15.4 Å². The maximum Gasteiger partial charge on any atom is 0.421 e. The number of aliphatic hydroxyl groups is 1. The molecule has 1 amide bonds. The van der Waals surface area contributed by atoms with Gasteiger partial charge in [-0.2, -0.15) is 18.2 Å². The standard InChI is InChI=1S/C23H26F3N7O4S/c1-3-38(36,37)32-19-16(7-5-9-27-19)13-28-20-18(23(24,25)26)14-29-22(31-20)30-17-8-4-6-15(12-17)21(35)33(2)10-11-34/h4-9,12,14,34H,3,10-11,13H2,1-2H3,(H,27,32)(H2,28,29,30,31). The summed E-state index contributed by atoms with van der Waals surface area (Å²) in [6, 6.07) is 9.22. The Kier molecular flexibility index (Phi) is 9.06. The number of halogens is 3. The van der Waals surface area contributed by atoms with Crippen LogP contribution in [0.5, 0.6) is 0 Å². The highest BCUT2D eigenvalue weighted by Gasteiger charge is 2.35. The lowest BCUT2D eigenvalue weighted by atomic mass is 10.2. The van der Waals surface area contributed by atoms with Gasteiger partial charge < -0.3 is 20.6 Å². The first-order valence-electron chi connectivity index (χ1n) is 11.3. The Labute approximate surface area is 217 Å². The molecule has 0 aliphatic carbocycles. The summed E-state index contributed by atoms with van der Waals surface area (Å²) in [6.45, 7) is 1.13. The Balaban J connectivity index is 1.86. The fraction of sp³-hybridized carbons (Fsp3) is 0.304. The number of sulfonamides is 1. The minimum absolute atomic E-state index is 0.0181. The predicted molar refractivity (Wildman–Crippen MR) is 135 cm³/mol. The largest absolute Gasteiger partial charge is 0.421 e. The monoisotopic (exact) mass is 553 g/mol. The molecule has 0 atom stereocenters. The average molecular weight is 554 g/mol. The third kappa shape index (κ3) is 7.52. The van der Waals surface area contributed by atoms with E-state index in [0.717, 1.165) is 0 Å². The number of pyridine rings is 1. The van der Waals surface area contributed by atoms with Gasteiger partial charge in [-0.15, -0.1) is 0 Å². The smallest absolute Gasteiger partial charge is 0.395 e. The van der Waals surface area contributed by atoms with Crippen molar-refractivity contribution < 1.29 is 31.5 Å². The SMILES string of the molecule is CCS(=O)(=O)Nc1ncccc1CNc1nc(Nc2cccc(C(=O)N(C)CCO)c2)ncc1C(F)(F)F. The molecular weight excluding hydrogens is 527 g/mol. The number of benzene rings is 1. The Morgan fingerprint density at radius 1 is 1.13 bits per heavy atom. The first-order valence-corrected chi connectivity index (χ1v) is 12.9. The third-order valence-corrected chi connectivity index (χ3v) is 6.48. The summed E-state index contributed by atoms with van der Waals surface area (Å²) in [6.07, 6.45) is -2.80. The molecule has 0 spiro atoms. The lowest BCUT2D eigenvalue weighted by molar-refractivity contribution is -0.137. The normalized spacial score (nSPS) is 11.6. The van der Waals surface area contributed by atoms with Crippen molar-refractivity contribution in [3.8, 4) is 0 Å². The average Bonchev–Trinajstić information content (AvgIpc) is 2.87. The van der Waals surface area contributed by atoms with Gasteiger partial charge in [0.1, 0.15) is 17.2 Å². The molecule has 15 heteroatoms. The highest BCUT2D eigenvalue weighted by Crippen LogP contribution is 2.34. The molecule has 11 nitrogen and oxygen atoms in total. The van der Waals surface area contributed by atoms with E-state index in [2.05, 4.69) is 30.3 Å². The van der Waals surface area contributed by atoms with E-state index in [9.17, 15) is 26.4 Å². The number of alkyl halides is 3. The van der Waals surface area contributed by atoms with Crippen molar-refractivity contribution in [1.82, 2.24) is 19.9 Å². The number of aliphatic hydroxyl groups excluding tert-OH is 1. The molecule has 2 heterocycles. The van der Waals surface area contributed by atoms with E-state index in [0.29, 0.717) is 17.4 Å². The Bertz CT molecular complexity index is 1390. The molecule has 1 aromatic carbocycles. The number of carbonyl (C=O) groups is 1. The molecule has 0 aliphatic rings. The van der Waals surface area contributed by atoms with Crippen LogP contribution in [0.2, 0.25) is 0 Å². The van der Waals surface area contributed by atoms with Gasteiger partial charge in [0.05, 0.1) is 12.4 Å². The van der Waals surface area contributed by atoms with E-state index in [4.69, 9.17) is 5.11 Å². The number of amides is 1. The molecular formula is C23H26F3N7O4S. The number of rotatable bonds is 11. The molecule has 3 aromatic rings. The number of likely N-dealkylation sites (N-methyl/N-ethyl adjacent to an activating group) is 1. The summed E-state index contributed by atoms with van der Waals surface area (Å²) in [5, 5.41) is 14.4. The van der Waals surface area contributed by atoms with Crippen LogP contribution >= 0.6 is 0 Å². The lowest BCUT2D eigenvalue weighted by Gasteiger charge is -2.17. The molecule has 0 radical (unpaired) electrons. The molecule has 2 aromatic heterocycles. The topological polar surface area (TPSA) is 149 Å². The van der Waals surface area contributed by atoms with E-state index in [1.165, 1.54) is 43.3 Å². The summed E-state index contributed by atoms with van der Waals surface area (Å²) >= 11 is 0. The van der Waals surface area contributed by atoms with Crippen LogP contribution in [0.15, 0.2) is 48.8 Å². The molecule has 0 saturated heterocycles. The molecule has 204 valence electrons. The Morgan fingerprint density at radius 3 is 2.58 bits per heavy atom. The van der Waals surface area contributed by atoms with Gasteiger partial charge in [-0.3, -0.25) is 9.52 Å². The van der Waals surface area contributed by atoms with Gasteiger partial charge >= 0.3 is 6.18 Å². The summed E-state index contributed by atoms with van der Waals surface area (Å²) < 4.78 is 67.2. The molecule has 3 rings (SSSR count). The van der Waals surface area contributed by atoms with Gasteiger partial charge in [-0.1, -0.05) is 12.1 Å². The third-order valence-electron chi connectivity index (χ3n) is 5.21. The zero-order valence-electron chi connectivity index (χ0n) is 20.5. The van der Waals surface area contributed by atoms with Crippen molar-refractivity contribution in [1.29, 1.82) is 0 Å². The van der Waals surface area contributed by atoms with Gasteiger partial charge in [-0.25, -0.2) is 18.4 Å². The second-order valence-electron chi connectivity index (χ2n) is 7.98.